The molecule has 2 rings (SSSR count). The first kappa shape index (κ1) is 11.4. The second-order valence-corrected chi connectivity index (χ2v) is 5.29. The summed E-state index contributed by atoms with van der Waals surface area (Å²) in [6.45, 7) is 1.73. The Bertz CT molecular complexity index is 461. The molecule has 1 aliphatic heterocycles. The van der Waals surface area contributed by atoms with Crippen LogP contribution in [0, 0.1) is 3.57 Å². The summed E-state index contributed by atoms with van der Waals surface area (Å²) < 4.78 is 1.11. The summed E-state index contributed by atoms with van der Waals surface area (Å²) in [5.41, 5.74) is 0.202. The maximum Gasteiger partial charge on any atom is 0.322 e. The smallest absolute Gasteiger partial charge is 0.322 e. The molecule has 84 valence electrons. The third kappa shape index (κ3) is 2.18. The van der Waals surface area contributed by atoms with E-state index in [1.165, 1.54) is 0 Å². The van der Waals surface area contributed by atoms with Gasteiger partial charge >= 0.3 is 6.03 Å². The average molecular weight is 330 g/mol. The summed E-state index contributed by atoms with van der Waals surface area (Å²) >= 11 is 2.22. The molecule has 0 aliphatic carbocycles. The SMILES string of the molecule is CC1(Cc2cccc(I)c2)NC(=O)NC1=O. The standard InChI is InChI=1S/C11H11IN2O2/c1-11(9(15)13-10(16)14-11)6-7-3-2-4-8(12)5-7/h2-5H,6H2,1H3,(H2,13,14,15,16). The van der Waals surface area contributed by atoms with Crippen molar-refractivity contribution in [3.05, 3.63) is 33.4 Å². The van der Waals surface area contributed by atoms with Crippen LogP contribution < -0.4 is 10.6 Å². The van der Waals surface area contributed by atoms with Crippen LogP contribution in [0.3, 0.4) is 0 Å². The van der Waals surface area contributed by atoms with Crippen LogP contribution in [0.4, 0.5) is 4.79 Å². The van der Waals surface area contributed by atoms with Crippen LogP contribution in [0.15, 0.2) is 24.3 Å². The highest BCUT2D eigenvalue weighted by Crippen LogP contribution is 2.18. The number of hydrogen-bond acceptors (Lipinski definition) is 2. The van der Waals surface area contributed by atoms with Gasteiger partial charge in [0.2, 0.25) is 0 Å². The number of carbonyl (C=O) groups excluding carboxylic acids is 2. The molecule has 1 aliphatic rings. The van der Waals surface area contributed by atoms with Gasteiger partial charge in [-0.05, 0) is 47.2 Å². The molecule has 1 atom stereocenters. The lowest BCUT2D eigenvalue weighted by atomic mass is 9.93. The average Bonchev–Trinajstić information content (AvgIpc) is 2.39. The van der Waals surface area contributed by atoms with Gasteiger partial charge in [0.15, 0.2) is 0 Å². The fourth-order valence-electron chi connectivity index (χ4n) is 1.76. The summed E-state index contributed by atoms with van der Waals surface area (Å²) in [7, 11) is 0. The fourth-order valence-corrected chi connectivity index (χ4v) is 2.37. The molecule has 0 aromatic heterocycles. The molecule has 2 N–H and O–H groups in total. The molecule has 1 saturated heterocycles. The van der Waals surface area contributed by atoms with E-state index in [2.05, 4.69) is 33.2 Å². The second-order valence-electron chi connectivity index (χ2n) is 4.05. The summed E-state index contributed by atoms with van der Waals surface area (Å²) in [4.78, 5) is 22.7. The van der Waals surface area contributed by atoms with Crippen molar-refractivity contribution in [2.75, 3.05) is 0 Å². The first-order valence-electron chi connectivity index (χ1n) is 4.88. The van der Waals surface area contributed by atoms with Gasteiger partial charge in [-0.2, -0.15) is 0 Å². The van der Waals surface area contributed by atoms with Gasteiger partial charge < -0.3 is 5.32 Å². The van der Waals surface area contributed by atoms with E-state index in [1.54, 1.807) is 6.92 Å². The molecule has 3 amide bonds. The van der Waals surface area contributed by atoms with Crippen LogP contribution in [0.1, 0.15) is 12.5 Å². The number of imide groups is 1. The Kier molecular flexibility index (Phi) is 2.88. The van der Waals surface area contributed by atoms with Crippen LogP contribution in [0.5, 0.6) is 0 Å². The van der Waals surface area contributed by atoms with E-state index in [1.807, 2.05) is 24.3 Å². The van der Waals surface area contributed by atoms with E-state index in [4.69, 9.17) is 0 Å². The van der Waals surface area contributed by atoms with Gasteiger partial charge in [0, 0.05) is 9.99 Å². The number of hydrogen-bond donors (Lipinski definition) is 2. The number of carbonyl (C=O) groups is 2. The van der Waals surface area contributed by atoms with Gasteiger partial charge in [0.25, 0.3) is 5.91 Å². The molecular weight excluding hydrogens is 319 g/mol. The zero-order valence-electron chi connectivity index (χ0n) is 8.71. The monoisotopic (exact) mass is 330 g/mol. The van der Waals surface area contributed by atoms with Crippen molar-refractivity contribution >= 4 is 34.5 Å². The van der Waals surface area contributed by atoms with E-state index in [0.29, 0.717) is 6.42 Å². The third-order valence-electron chi connectivity index (χ3n) is 2.56. The van der Waals surface area contributed by atoms with E-state index in [-0.39, 0.29) is 5.91 Å². The Morgan fingerprint density at radius 2 is 2.12 bits per heavy atom. The number of amides is 3. The number of benzene rings is 1. The van der Waals surface area contributed by atoms with E-state index in [0.717, 1.165) is 9.13 Å². The van der Waals surface area contributed by atoms with Gasteiger partial charge in [0.05, 0.1) is 0 Å². The predicted molar refractivity (Wildman–Crippen MR) is 67.9 cm³/mol. The molecule has 0 bridgehead atoms. The van der Waals surface area contributed by atoms with Gasteiger partial charge in [-0.1, -0.05) is 12.1 Å². The number of rotatable bonds is 2. The first-order chi connectivity index (χ1) is 7.49. The summed E-state index contributed by atoms with van der Waals surface area (Å²) in [6, 6.07) is 7.46. The lowest BCUT2D eigenvalue weighted by Gasteiger charge is -2.20. The second kappa shape index (κ2) is 4.04. The largest absolute Gasteiger partial charge is 0.323 e. The zero-order chi connectivity index (χ0) is 11.8. The number of halogens is 1. The highest BCUT2D eigenvalue weighted by atomic mass is 127. The molecule has 1 fully saturated rings. The van der Waals surface area contributed by atoms with Crippen LogP contribution in [0.2, 0.25) is 0 Å². The molecule has 1 aromatic carbocycles. The van der Waals surface area contributed by atoms with Crippen molar-refractivity contribution in [1.29, 1.82) is 0 Å². The summed E-state index contributed by atoms with van der Waals surface area (Å²) in [5, 5.41) is 4.90. The minimum atomic E-state index is -0.832. The van der Waals surface area contributed by atoms with Crippen LogP contribution in [-0.2, 0) is 11.2 Å². The predicted octanol–water partition coefficient (Wildman–Crippen LogP) is 1.43. The molecule has 1 unspecified atom stereocenters. The molecule has 0 radical (unpaired) electrons. The zero-order valence-corrected chi connectivity index (χ0v) is 10.9. The lowest BCUT2D eigenvalue weighted by Crippen LogP contribution is -2.45. The Morgan fingerprint density at radius 1 is 1.38 bits per heavy atom. The minimum absolute atomic E-state index is 0.267. The lowest BCUT2D eigenvalue weighted by molar-refractivity contribution is -0.123. The first-order valence-corrected chi connectivity index (χ1v) is 5.95. The molecule has 1 heterocycles. The molecule has 0 spiro atoms. The van der Waals surface area contributed by atoms with E-state index < -0.39 is 11.6 Å². The number of nitrogens with one attached hydrogen (secondary N) is 2. The van der Waals surface area contributed by atoms with Crippen LogP contribution in [-0.4, -0.2) is 17.5 Å². The highest BCUT2D eigenvalue weighted by molar-refractivity contribution is 14.1. The molecule has 4 nitrogen and oxygen atoms in total. The Morgan fingerprint density at radius 3 is 2.69 bits per heavy atom. The maximum atomic E-state index is 11.6. The van der Waals surface area contributed by atoms with Gasteiger partial charge in [0.1, 0.15) is 5.54 Å². The molecule has 5 heteroatoms. The Balaban J connectivity index is 2.21. The van der Waals surface area contributed by atoms with Gasteiger partial charge in [-0.3, -0.25) is 10.1 Å². The summed E-state index contributed by atoms with van der Waals surface area (Å²) in [5.74, 6) is -0.267. The quantitative estimate of drug-likeness (QED) is 0.637. The Hall–Kier alpha value is -1.11. The van der Waals surface area contributed by atoms with Crippen LogP contribution >= 0.6 is 22.6 Å². The molecule has 0 saturated carbocycles. The third-order valence-corrected chi connectivity index (χ3v) is 3.24. The van der Waals surface area contributed by atoms with Crippen molar-refractivity contribution in [2.24, 2.45) is 0 Å². The highest BCUT2D eigenvalue weighted by Gasteiger charge is 2.41. The molecular formula is C11H11IN2O2. The van der Waals surface area contributed by atoms with E-state index >= 15 is 0 Å². The maximum absolute atomic E-state index is 11.6. The summed E-state index contributed by atoms with van der Waals surface area (Å²) in [6.07, 6.45) is 0.501. The van der Waals surface area contributed by atoms with Gasteiger partial charge in [-0.25, -0.2) is 4.79 Å². The van der Waals surface area contributed by atoms with Crippen molar-refractivity contribution in [3.63, 3.8) is 0 Å². The topological polar surface area (TPSA) is 58.2 Å². The fraction of sp³-hybridized carbons (Fsp3) is 0.273. The Labute approximate surface area is 107 Å². The molecule has 1 aromatic rings. The van der Waals surface area contributed by atoms with Crippen molar-refractivity contribution in [3.8, 4) is 0 Å². The van der Waals surface area contributed by atoms with Crippen molar-refractivity contribution < 1.29 is 9.59 Å². The number of urea groups is 1. The normalized spacial score (nSPS) is 24.1. The minimum Gasteiger partial charge on any atom is -0.323 e. The van der Waals surface area contributed by atoms with Gasteiger partial charge in [-0.15, -0.1) is 0 Å². The van der Waals surface area contributed by atoms with Crippen molar-refractivity contribution in [1.82, 2.24) is 10.6 Å². The van der Waals surface area contributed by atoms with Crippen molar-refractivity contribution in [2.45, 2.75) is 18.9 Å². The van der Waals surface area contributed by atoms with E-state index in [9.17, 15) is 9.59 Å². The van der Waals surface area contributed by atoms with Crippen LogP contribution in [0.25, 0.3) is 0 Å². The molecule has 16 heavy (non-hydrogen) atoms.